The summed E-state index contributed by atoms with van der Waals surface area (Å²) in [5.41, 5.74) is 0. The monoisotopic (exact) mass is 250 g/mol. The first-order valence-electron chi connectivity index (χ1n) is 7.36. The quantitative estimate of drug-likeness (QED) is 0.737. The average molecular weight is 250 g/mol. The van der Waals surface area contributed by atoms with Crippen molar-refractivity contribution in [2.24, 2.45) is 5.92 Å². The highest BCUT2D eigenvalue weighted by molar-refractivity contribution is 4.91. The fraction of sp³-hybridized carbons (Fsp3) is 0.867. The van der Waals surface area contributed by atoms with E-state index in [1.54, 1.807) is 0 Å². The van der Waals surface area contributed by atoms with E-state index in [9.17, 15) is 5.11 Å². The largest absolute Gasteiger partial charge is 0.396 e. The summed E-state index contributed by atoms with van der Waals surface area (Å²) < 4.78 is 0. The summed E-state index contributed by atoms with van der Waals surface area (Å²) in [5.74, 6) is 3.20. The van der Waals surface area contributed by atoms with Crippen LogP contribution in [0.2, 0.25) is 0 Å². The SMILES string of the molecule is C#CCN1CCC(NC2CCCCC2CO)CC1. The molecule has 2 fully saturated rings. The maximum Gasteiger partial charge on any atom is 0.0598 e. The van der Waals surface area contributed by atoms with Crippen molar-refractivity contribution >= 4 is 0 Å². The average Bonchev–Trinajstić information content (AvgIpc) is 2.42. The van der Waals surface area contributed by atoms with Gasteiger partial charge in [-0.3, -0.25) is 4.90 Å². The van der Waals surface area contributed by atoms with Crippen molar-refractivity contribution in [3.05, 3.63) is 0 Å². The molecule has 0 amide bonds. The van der Waals surface area contributed by atoms with Crippen molar-refractivity contribution in [3.8, 4) is 12.3 Å². The number of aliphatic hydroxyl groups is 1. The third-order valence-corrected chi connectivity index (χ3v) is 4.50. The number of piperidine rings is 1. The van der Waals surface area contributed by atoms with E-state index in [0.29, 0.717) is 24.6 Å². The van der Waals surface area contributed by atoms with Gasteiger partial charge < -0.3 is 10.4 Å². The predicted octanol–water partition coefficient (Wildman–Crippen LogP) is 1.22. The smallest absolute Gasteiger partial charge is 0.0598 e. The summed E-state index contributed by atoms with van der Waals surface area (Å²) >= 11 is 0. The van der Waals surface area contributed by atoms with E-state index < -0.39 is 0 Å². The van der Waals surface area contributed by atoms with E-state index in [2.05, 4.69) is 16.1 Å². The number of aliphatic hydroxyl groups excluding tert-OH is 1. The number of hydrogen-bond donors (Lipinski definition) is 2. The summed E-state index contributed by atoms with van der Waals surface area (Å²) in [6, 6.07) is 1.16. The number of hydrogen-bond acceptors (Lipinski definition) is 3. The summed E-state index contributed by atoms with van der Waals surface area (Å²) in [6.07, 6.45) is 12.7. The molecule has 1 heterocycles. The Morgan fingerprint density at radius 1 is 1.17 bits per heavy atom. The van der Waals surface area contributed by atoms with E-state index in [4.69, 9.17) is 6.42 Å². The summed E-state index contributed by atoms with van der Waals surface area (Å²) in [5, 5.41) is 13.2. The highest BCUT2D eigenvalue weighted by Crippen LogP contribution is 2.25. The van der Waals surface area contributed by atoms with Crippen LogP contribution in [0.5, 0.6) is 0 Å². The molecule has 2 rings (SSSR count). The zero-order chi connectivity index (χ0) is 12.8. The number of nitrogens with one attached hydrogen (secondary N) is 1. The first-order chi connectivity index (χ1) is 8.83. The molecule has 3 heteroatoms. The first-order valence-corrected chi connectivity index (χ1v) is 7.36. The second-order valence-electron chi connectivity index (χ2n) is 5.75. The third kappa shape index (κ3) is 3.71. The number of terminal acetylenes is 1. The van der Waals surface area contributed by atoms with Crippen molar-refractivity contribution in [1.29, 1.82) is 0 Å². The van der Waals surface area contributed by atoms with Crippen LogP contribution in [0.25, 0.3) is 0 Å². The molecule has 2 atom stereocenters. The Hall–Kier alpha value is -0.560. The molecular formula is C15H26N2O. The second-order valence-corrected chi connectivity index (χ2v) is 5.75. The van der Waals surface area contributed by atoms with Gasteiger partial charge in [-0.1, -0.05) is 18.8 Å². The molecule has 2 unspecified atom stereocenters. The minimum absolute atomic E-state index is 0.341. The van der Waals surface area contributed by atoms with Crippen LogP contribution in [0.15, 0.2) is 0 Å². The Bertz CT molecular complexity index is 279. The van der Waals surface area contributed by atoms with Crippen LogP contribution in [-0.4, -0.2) is 48.3 Å². The van der Waals surface area contributed by atoms with Gasteiger partial charge in [0.25, 0.3) is 0 Å². The van der Waals surface area contributed by atoms with Crippen LogP contribution in [0.4, 0.5) is 0 Å². The lowest BCUT2D eigenvalue weighted by Gasteiger charge is -2.37. The minimum atomic E-state index is 0.341. The van der Waals surface area contributed by atoms with Crippen LogP contribution in [0.1, 0.15) is 38.5 Å². The van der Waals surface area contributed by atoms with Crippen LogP contribution < -0.4 is 5.32 Å². The van der Waals surface area contributed by atoms with Crippen LogP contribution in [0.3, 0.4) is 0 Å². The van der Waals surface area contributed by atoms with Crippen molar-refractivity contribution in [2.75, 3.05) is 26.2 Å². The lowest BCUT2D eigenvalue weighted by Crippen LogP contribution is -2.49. The molecule has 0 aromatic heterocycles. The molecule has 2 N–H and O–H groups in total. The molecular weight excluding hydrogens is 224 g/mol. The van der Waals surface area contributed by atoms with Gasteiger partial charge in [-0.15, -0.1) is 6.42 Å². The molecule has 102 valence electrons. The van der Waals surface area contributed by atoms with Crippen molar-refractivity contribution < 1.29 is 5.11 Å². The zero-order valence-corrected chi connectivity index (χ0v) is 11.3. The summed E-state index contributed by atoms with van der Waals surface area (Å²) in [4.78, 5) is 2.35. The molecule has 1 saturated carbocycles. The van der Waals surface area contributed by atoms with Crippen LogP contribution in [-0.2, 0) is 0 Å². The van der Waals surface area contributed by atoms with Gasteiger partial charge in [-0.25, -0.2) is 0 Å². The molecule has 0 bridgehead atoms. The van der Waals surface area contributed by atoms with Gasteiger partial charge in [-0.05, 0) is 31.6 Å². The van der Waals surface area contributed by atoms with Gasteiger partial charge in [0.1, 0.15) is 0 Å². The van der Waals surface area contributed by atoms with Gasteiger partial charge in [0, 0.05) is 31.8 Å². The maximum absolute atomic E-state index is 9.43. The number of likely N-dealkylation sites (tertiary alicyclic amines) is 1. The minimum Gasteiger partial charge on any atom is -0.396 e. The topological polar surface area (TPSA) is 35.5 Å². The Balaban J connectivity index is 1.75. The predicted molar refractivity (Wildman–Crippen MR) is 74.3 cm³/mol. The zero-order valence-electron chi connectivity index (χ0n) is 11.3. The van der Waals surface area contributed by atoms with Gasteiger partial charge in [0.15, 0.2) is 0 Å². The lowest BCUT2D eigenvalue weighted by atomic mass is 9.84. The highest BCUT2D eigenvalue weighted by atomic mass is 16.3. The number of nitrogens with zero attached hydrogens (tertiary/aromatic N) is 1. The lowest BCUT2D eigenvalue weighted by molar-refractivity contribution is 0.130. The van der Waals surface area contributed by atoms with Gasteiger partial charge in [0.05, 0.1) is 6.54 Å². The third-order valence-electron chi connectivity index (χ3n) is 4.50. The molecule has 1 aliphatic heterocycles. The summed E-state index contributed by atoms with van der Waals surface area (Å²) in [7, 11) is 0. The normalized spacial score (nSPS) is 31.1. The fourth-order valence-electron chi connectivity index (χ4n) is 3.34. The van der Waals surface area contributed by atoms with Gasteiger partial charge in [-0.2, -0.15) is 0 Å². The van der Waals surface area contributed by atoms with E-state index in [1.807, 2.05) is 0 Å². The Morgan fingerprint density at radius 2 is 1.89 bits per heavy atom. The Morgan fingerprint density at radius 3 is 2.56 bits per heavy atom. The van der Waals surface area contributed by atoms with Crippen LogP contribution >= 0.6 is 0 Å². The molecule has 0 aromatic carbocycles. The van der Waals surface area contributed by atoms with Crippen molar-refractivity contribution in [1.82, 2.24) is 10.2 Å². The summed E-state index contributed by atoms with van der Waals surface area (Å²) in [6.45, 7) is 3.35. The van der Waals surface area contributed by atoms with Crippen molar-refractivity contribution in [2.45, 2.75) is 50.6 Å². The maximum atomic E-state index is 9.43. The molecule has 0 spiro atoms. The van der Waals surface area contributed by atoms with E-state index >= 15 is 0 Å². The van der Waals surface area contributed by atoms with E-state index in [0.717, 1.165) is 19.6 Å². The standard InChI is InChI=1S/C15H26N2O/c1-2-9-17-10-7-14(8-11-17)16-15-6-4-3-5-13(15)12-18/h1,13-16,18H,3-12H2. The fourth-order valence-corrected chi connectivity index (χ4v) is 3.34. The number of rotatable bonds is 4. The van der Waals surface area contributed by atoms with Gasteiger partial charge >= 0.3 is 0 Å². The molecule has 2 aliphatic rings. The molecule has 0 radical (unpaired) electrons. The second kappa shape index (κ2) is 7.13. The molecule has 18 heavy (non-hydrogen) atoms. The van der Waals surface area contributed by atoms with Gasteiger partial charge in [0.2, 0.25) is 0 Å². The van der Waals surface area contributed by atoms with Crippen LogP contribution in [0, 0.1) is 18.3 Å². The van der Waals surface area contributed by atoms with Crippen molar-refractivity contribution in [3.63, 3.8) is 0 Å². The van der Waals surface area contributed by atoms with E-state index in [1.165, 1.54) is 38.5 Å². The Kier molecular flexibility index (Phi) is 5.49. The molecule has 3 nitrogen and oxygen atoms in total. The van der Waals surface area contributed by atoms with E-state index in [-0.39, 0.29) is 0 Å². The Labute approximate surface area is 111 Å². The molecule has 1 aliphatic carbocycles. The first kappa shape index (κ1) is 13.9. The molecule has 0 aromatic rings. The highest BCUT2D eigenvalue weighted by Gasteiger charge is 2.27. The molecule has 1 saturated heterocycles.